The lowest BCUT2D eigenvalue weighted by atomic mass is 10.2. The molecule has 1 atom stereocenters. The van der Waals surface area contributed by atoms with Crippen LogP contribution in [-0.4, -0.2) is 55.9 Å². The number of morpholine rings is 1. The van der Waals surface area contributed by atoms with Crippen LogP contribution >= 0.6 is 0 Å². The van der Waals surface area contributed by atoms with Crippen molar-refractivity contribution in [3.63, 3.8) is 0 Å². The van der Waals surface area contributed by atoms with Gasteiger partial charge in [-0.2, -0.15) is 13.2 Å². The van der Waals surface area contributed by atoms with Gasteiger partial charge in [-0.15, -0.1) is 0 Å². The Morgan fingerprint density at radius 1 is 1.41 bits per heavy atom. The fourth-order valence-corrected chi connectivity index (χ4v) is 1.72. The number of hydrogen-bond donors (Lipinski definition) is 1. The Bertz CT molecular complexity index is 252. The summed E-state index contributed by atoms with van der Waals surface area (Å²) in [5.74, 6) is -0.974. The number of alkyl halides is 3. The molecular weight excluding hydrogens is 237 g/mol. The lowest BCUT2D eigenvalue weighted by Gasteiger charge is -2.29. The van der Waals surface area contributed by atoms with E-state index < -0.39 is 18.5 Å². The van der Waals surface area contributed by atoms with E-state index in [1.165, 1.54) is 0 Å². The van der Waals surface area contributed by atoms with Gasteiger partial charge in [0.15, 0.2) is 0 Å². The maximum atomic E-state index is 11.9. The van der Waals surface area contributed by atoms with Gasteiger partial charge in [-0.05, 0) is 6.92 Å². The molecule has 0 aromatic carbocycles. The van der Waals surface area contributed by atoms with Crippen molar-refractivity contribution in [1.82, 2.24) is 10.2 Å². The zero-order valence-electron chi connectivity index (χ0n) is 9.72. The Morgan fingerprint density at radius 3 is 2.53 bits per heavy atom. The van der Waals surface area contributed by atoms with E-state index in [0.29, 0.717) is 19.8 Å². The number of halogens is 3. The molecule has 1 fully saturated rings. The number of hydrogen-bond acceptors (Lipinski definition) is 3. The lowest BCUT2D eigenvalue weighted by Crippen LogP contribution is -2.46. The number of amides is 1. The van der Waals surface area contributed by atoms with E-state index >= 15 is 0 Å². The molecular formula is C10H17F3N2O2. The van der Waals surface area contributed by atoms with Gasteiger partial charge in [-0.25, -0.2) is 0 Å². The first-order valence-electron chi connectivity index (χ1n) is 5.53. The Balaban J connectivity index is 2.23. The summed E-state index contributed by atoms with van der Waals surface area (Å²) in [6.45, 7) is 5.00. The van der Waals surface area contributed by atoms with E-state index in [1.807, 2.05) is 0 Å². The molecule has 1 aliphatic rings. The summed E-state index contributed by atoms with van der Waals surface area (Å²) < 4.78 is 40.9. The van der Waals surface area contributed by atoms with Crippen LogP contribution in [0.1, 0.15) is 13.3 Å². The van der Waals surface area contributed by atoms with Crippen LogP contribution in [-0.2, 0) is 9.53 Å². The largest absolute Gasteiger partial charge is 0.397 e. The van der Waals surface area contributed by atoms with E-state index in [9.17, 15) is 18.0 Å². The van der Waals surface area contributed by atoms with E-state index in [4.69, 9.17) is 4.74 Å². The molecule has 1 N–H and O–H groups in total. The number of nitrogens with zero attached hydrogens (tertiary/aromatic N) is 1. The second-order valence-corrected chi connectivity index (χ2v) is 4.17. The molecule has 1 aliphatic heterocycles. The topological polar surface area (TPSA) is 41.6 Å². The van der Waals surface area contributed by atoms with Crippen LogP contribution in [0.2, 0.25) is 0 Å². The molecule has 4 nitrogen and oxygen atoms in total. The van der Waals surface area contributed by atoms with Crippen molar-refractivity contribution in [1.29, 1.82) is 0 Å². The number of nitrogens with one attached hydrogen (secondary N) is 1. The van der Waals surface area contributed by atoms with Gasteiger partial charge in [0.1, 0.15) is 6.42 Å². The van der Waals surface area contributed by atoms with Crippen molar-refractivity contribution in [2.75, 3.05) is 32.8 Å². The maximum Gasteiger partial charge on any atom is 0.397 e. The van der Waals surface area contributed by atoms with Crippen molar-refractivity contribution in [3.05, 3.63) is 0 Å². The molecule has 100 valence electrons. The van der Waals surface area contributed by atoms with Gasteiger partial charge in [-0.3, -0.25) is 9.69 Å². The van der Waals surface area contributed by atoms with Crippen molar-refractivity contribution >= 4 is 5.91 Å². The molecule has 0 aromatic rings. The summed E-state index contributed by atoms with van der Waals surface area (Å²) in [4.78, 5) is 13.1. The Morgan fingerprint density at radius 2 is 2.00 bits per heavy atom. The highest BCUT2D eigenvalue weighted by Crippen LogP contribution is 2.18. The van der Waals surface area contributed by atoms with Gasteiger partial charge in [0.2, 0.25) is 5.91 Å². The predicted molar refractivity (Wildman–Crippen MR) is 55.5 cm³/mol. The molecule has 17 heavy (non-hydrogen) atoms. The molecule has 1 rings (SSSR count). The van der Waals surface area contributed by atoms with Crippen LogP contribution in [0.4, 0.5) is 13.2 Å². The highest BCUT2D eigenvalue weighted by molar-refractivity contribution is 5.76. The minimum absolute atomic E-state index is 0.289. The first-order chi connectivity index (χ1) is 7.87. The molecule has 0 bridgehead atoms. The number of carbonyl (C=O) groups excluding carboxylic acids is 1. The Kier molecular flexibility index (Phi) is 5.20. The normalized spacial score (nSPS) is 20.0. The third kappa shape index (κ3) is 6.48. The van der Waals surface area contributed by atoms with Crippen LogP contribution in [0, 0.1) is 0 Å². The van der Waals surface area contributed by atoms with Crippen molar-refractivity contribution in [2.24, 2.45) is 0 Å². The fourth-order valence-electron chi connectivity index (χ4n) is 1.72. The van der Waals surface area contributed by atoms with E-state index in [0.717, 1.165) is 13.1 Å². The molecule has 0 aliphatic carbocycles. The first-order valence-corrected chi connectivity index (χ1v) is 5.53. The average Bonchev–Trinajstić information content (AvgIpc) is 2.15. The number of carbonyl (C=O) groups is 1. The van der Waals surface area contributed by atoms with Crippen molar-refractivity contribution < 1.29 is 22.7 Å². The molecule has 1 amide bonds. The van der Waals surface area contributed by atoms with Crippen LogP contribution in [0.15, 0.2) is 0 Å². The summed E-state index contributed by atoms with van der Waals surface area (Å²) >= 11 is 0. The van der Waals surface area contributed by atoms with Gasteiger partial charge in [0.25, 0.3) is 0 Å². The van der Waals surface area contributed by atoms with Gasteiger partial charge in [0, 0.05) is 25.7 Å². The smallest absolute Gasteiger partial charge is 0.379 e. The average molecular weight is 254 g/mol. The summed E-state index contributed by atoms with van der Waals surface area (Å²) in [5.41, 5.74) is 0. The lowest BCUT2D eigenvalue weighted by molar-refractivity contribution is -0.154. The molecule has 0 saturated carbocycles. The number of rotatable bonds is 4. The van der Waals surface area contributed by atoms with Crippen LogP contribution in [0.5, 0.6) is 0 Å². The summed E-state index contributed by atoms with van der Waals surface area (Å²) in [6.07, 6.45) is -5.86. The molecule has 1 heterocycles. The molecule has 0 radical (unpaired) electrons. The molecule has 0 spiro atoms. The fraction of sp³-hybridized carbons (Fsp3) is 0.900. The van der Waals surface area contributed by atoms with Crippen molar-refractivity contribution in [3.8, 4) is 0 Å². The summed E-state index contributed by atoms with van der Waals surface area (Å²) in [7, 11) is 0. The zero-order valence-corrected chi connectivity index (χ0v) is 9.72. The minimum Gasteiger partial charge on any atom is -0.379 e. The first kappa shape index (κ1) is 14.2. The van der Waals surface area contributed by atoms with Crippen LogP contribution < -0.4 is 5.32 Å². The second-order valence-electron chi connectivity index (χ2n) is 4.17. The monoisotopic (exact) mass is 254 g/mol. The molecule has 0 aromatic heterocycles. The van der Waals surface area contributed by atoms with E-state index in [2.05, 4.69) is 10.2 Å². The van der Waals surface area contributed by atoms with Crippen molar-refractivity contribution in [2.45, 2.75) is 25.6 Å². The van der Waals surface area contributed by atoms with Gasteiger partial charge >= 0.3 is 6.18 Å². The van der Waals surface area contributed by atoms with Gasteiger partial charge < -0.3 is 10.1 Å². The highest BCUT2D eigenvalue weighted by atomic mass is 19.4. The minimum atomic E-state index is -4.44. The Hall–Kier alpha value is -0.820. The van der Waals surface area contributed by atoms with Crippen LogP contribution in [0.3, 0.4) is 0 Å². The van der Waals surface area contributed by atoms with E-state index in [-0.39, 0.29) is 6.04 Å². The zero-order chi connectivity index (χ0) is 12.9. The SMILES string of the molecule is CC(CN1CCOCC1)NC(=O)CC(F)(F)F. The Labute approximate surface area is 98.1 Å². The van der Waals surface area contributed by atoms with Gasteiger partial charge in [-0.1, -0.05) is 0 Å². The van der Waals surface area contributed by atoms with Crippen LogP contribution in [0.25, 0.3) is 0 Å². The third-order valence-corrected chi connectivity index (χ3v) is 2.40. The van der Waals surface area contributed by atoms with Gasteiger partial charge in [0.05, 0.1) is 13.2 Å². The molecule has 1 saturated heterocycles. The number of ether oxygens (including phenoxy) is 1. The summed E-state index contributed by atoms with van der Waals surface area (Å²) in [5, 5.41) is 2.34. The second kappa shape index (κ2) is 6.20. The summed E-state index contributed by atoms with van der Waals surface area (Å²) in [6, 6.07) is -0.289. The standard InChI is InChI=1S/C10H17F3N2O2/c1-8(7-15-2-4-17-5-3-15)14-9(16)6-10(11,12)13/h8H,2-7H2,1H3,(H,14,16). The van der Waals surface area contributed by atoms with E-state index in [1.54, 1.807) is 6.92 Å². The maximum absolute atomic E-state index is 11.9. The molecule has 1 unspecified atom stereocenters. The molecule has 7 heteroatoms. The predicted octanol–water partition coefficient (Wildman–Crippen LogP) is 0.776. The quantitative estimate of drug-likeness (QED) is 0.806. The third-order valence-electron chi connectivity index (χ3n) is 2.40. The highest BCUT2D eigenvalue weighted by Gasteiger charge is 2.31.